The number of hydrogen-bond donors (Lipinski definition) is 1. The van der Waals surface area contributed by atoms with Crippen molar-refractivity contribution in [1.82, 2.24) is 0 Å². The van der Waals surface area contributed by atoms with Crippen LogP contribution in [0, 0.1) is 0 Å². The first-order valence-corrected chi connectivity index (χ1v) is 2.77. The quantitative estimate of drug-likeness (QED) is 0.308. The van der Waals surface area contributed by atoms with Crippen molar-refractivity contribution in [2.75, 3.05) is 0 Å². The van der Waals surface area contributed by atoms with Crippen molar-refractivity contribution in [1.29, 1.82) is 0 Å². The van der Waals surface area contributed by atoms with Crippen LogP contribution in [0.3, 0.4) is 0 Å². The Labute approximate surface area is 55.4 Å². The van der Waals surface area contributed by atoms with Crippen LogP contribution in [-0.2, 0) is 4.79 Å². The van der Waals surface area contributed by atoms with Gasteiger partial charge in [-0.1, -0.05) is 0 Å². The maximum atomic E-state index is 10.0. The largest absolute Gasteiger partial charge is 0.512 e. The average molecular weight is 212 g/mol. The third-order valence-electron chi connectivity index (χ3n) is 0.322. The number of hydrogen-bond acceptors (Lipinski definition) is 2. The lowest BCUT2D eigenvalue weighted by atomic mass is 10.5. The normalized spacial score (nSPS) is 11.4. The van der Waals surface area contributed by atoms with Crippen molar-refractivity contribution < 1.29 is 9.90 Å². The molecule has 0 amide bonds. The minimum Gasteiger partial charge on any atom is -0.512 e. The Morgan fingerprint density at radius 2 is 2.29 bits per heavy atom. The van der Waals surface area contributed by atoms with Crippen LogP contribution in [0.5, 0.6) is 0 Å². The molecule has 0 bridgehead atoms. The Hall–Kier alpha value is -0.0600. The smallest absolute Gasteiger partial charge is 0.218 e. The zero-order valence-electron chi connectivity index (χ0n) is 3.81. The van der Waals surface area contributed by atoms with Crippen molar-refractivity contribution in [2.24, 2.45) is 0 Å². The molecule has 0 radical (unpaired) electrons. The highest BCUT2D eigenvalue weighted by molar-refractivity contribution is 14.1. The lowest BCUT2D eigenvalue weighted by Crippen LogP contribution is -1.77. The molecule has 0 heterocycles. The Balaban J connectivity index is 3.68. The second-order valence-electron chi connectivity index (χ2n) is 1.09. The van der Waals surface area contributed by atoms with E-state index in [9.17, 15) is 4.79 Å². The number of allylic oxidation sites excluding steroid dienone is 2. The molecule has 2 nitrogen and oxygen atoms in total. The molecule has 1 N–H and O–H groups in total. The fourth-order valence-corrected chi connectivity index (χ4v) is 0.615. The van der Waals surface area contributed by atoms with E-state index < -0.39 is 0 Å². The summed E-state index contributed by atoms with van der Waals surface area (Å²) in [5.41, 5.74) is 0. The predicted octanol–water partition coefficient (Wildman–Crippen LogP) is 1.41. The highest BCUT2D eigenvalue weighted by Crippen LogP contribution is 1.90. The monoisotopic (exact) mass is 212 g/mol. The van der Waals surface area contributed by atoms with E-state index in [0.717, 1.165) is 6.08 Å². The van der Waals surface area contributed by atoms with Crippen LogP contribution < -0.4 is 0 Å². The Kier molecular flexibility index (Phi) is 2.98. The summed E-state index contributed by atoms with van der Waals surface area (Å²) in [4.78, 5) is 10.0. The molecule has 0 saturated heterocycles. The fourth-order valence-electron chi connectivity index (χ4n) is 0.164. The maximum Gasteiger partial charge on any atom is 0.218 e. The molecule has 0 fully saturated rings. The van der Waals surface area contributed by atoms with Gasteiger partial charge in [0.2, 0.25) is 3.79 Å². The van der Waals surface area contributed by atoms with Crippen molar-refractivity contribution >= 4 is 26.4 Å². The first-order chi connectivity index (χ1) is 3.13. The second-order valence-corrected chi connectivity index (χ2v) is 2.15. The van der Waals surface area contributed by atoms with Gasteiger partial charge in [0.15, 0.2) is 0 Å². The molecule has 7 heavy (non-hydrogen) atoms. The molecule has 0 aliphatic heterocycles. The Morgan fingerprint density at radius 3 is 2.29 bits per heavy atom. The zero-order chi connectivity index (χ0) is 5.86. The van der Waals surface area contributed by atoms with Gasteiger partial charge in [-0.3, -0.25) is 4.79 Å². The fraction of sp³-hybridized carbons (Fsp3) is 0.250. The SMILES string of the molecule is C/C(O)=C/C(=O)I. The van der Waals surface area contributed by atoms with Gasteiger partial charge >= 0.3 is 0 Å². The van der Waals surface area contributed by atoms with Crippen molar-refractivity contribution in [3.63, 3.8) is 0 Å². The van der Waals surface area contributed by atoms with Gasteiger partial charge in [-0.2, -0.15) is 0 Å². The molecule has 0 aromatic carbocycles. The highest BCUT2D eigenvalue weighted by atomic mass is 127. The van der Waals surface area contributed by atoms with E-state index in [-0.39, 0.29) is 9.55 Å². The van der Waals surface area contributed by atoms with Crippen LogP contribution in [0.4, 0.5) is 0 Å². The number of halogens is 1. The molecule has 0 rings (SSSR count). The third-order valence-corrected chi connectivity index (χ3v) is 0.634. The molecule has 0 aliphatic rings. The minimum absolute atomic E-state index is 0.0550. The Morgan fingerprint density at radius 1 is 1.86 bits per heavy atom. The lowest BCUT2D eigenvalue weighted by Gasteiger charge is -1.79. The first-order valence-electron chi connectivity index (χ1n) is 1.69. The molecular weight excluding hydrogens is 207 g/mol. The topological polar surface area (TPSA) is 37.3 Å². The number of aliphatic hydroxyl groups is 1. The van der Waals surface area contributed by atoms with E-state index in [1.165, 1.54) is 6.92 Å². The van der Waals surface area contributed by atoms with Gasteiger partial charge in [-0.25, -0.2) is 0 Å². The third kappa shape index (κ3) is 5.94. The summed E-state index contributed by atoms with van der Waals surface area (Å²) in [5.74, 6) is 0.0550. The Bertz CT molecular complexity index is 102. The van der Waals surface area contributed by atoms with Gasteiger partial charge in [-0.15, -0.1) is 0 Å². The minimum atomic E-state index is -0.155. The summed E-state index contributed by atoms with van der Waals surface area (Å²) in [6.45, 7) is 1.45. The van der Waals surface area contributed by atoms with Gasteiger partial charge in [0.05, 0.1) is 5.76 Å². The number of rotatable bonds is 1. The van der Waals surface area contributed by atoms with Crippen molar-refractivity contribution in [3.8, 4) is 0 Å². The van der Waals surface area contributed by atoms with E-state index in [1.54, 1.807) is 22.6 Å². The summed E-state index contributed by atoms with van der Waals surface area (Å²) in [5, 5.41) is 8.36. The zero-order valence-corrected chi connectivity index (χ0v) is 5.97. The van der Waals surface area contributed by atoms with Gasteiger partial charge in [0, 0.05) is 28.7 Å². The van der Waals surface area contributed by atoms with E-state index in [4.69, 9.17) is 5.11 Å². The summed E-state index contributed by atoms with van der Waals surface area (Å²) >= 11 is 1.58. The summed E-state index contributed by atoms with van der Waals surface area (Å²) in [6, 6.07) is 0. The van der Waals surface area contributed by atoms with Crippen molar-refractivity contribution in [2.45, 2.75) is 6.92 Å². The van der Waals surface area contributed by atoms with Crippen LogP contribution in [0.15, 0.2) is 11.8 Å². The molecule has 0 unspecified atom stereocenters. The summed E-state index contributed by atoms with van der Waals surface area (Å²) in [6.07, 6.45) is 1.15. The van der Waals surface area contributed by atoms with E-state index in [1.807, 2.05) is 0 Å². The number of aliphatic hydroxyl groups excluding tert-OH is 1. The standard InChI is InChI=1S/C4H5IO2/c1-3(6)2-4(5)7/h2,6H,1H3/b3-2-. The van der Waals surface area contributed by atoms with Crippen LogP contribution in [0.2, 0.25) is 0 Å². The van der Waals surface area contributed by atoms with Gasteiger partial charge in [0.25, 0.3) is 0 Å². The van der Waals surface area contributed by atoms with Crippen LogP contribution >= 0.6 is 22.6 Å². The van der Waals surface area contributed by atoms with E-state index >= 15 is 0 Å². The van der Waals surface area contributed by atoms with Gasteiger partial charge in [-0.05, 0) is 6.92 Å². The average Bonchev–Trinajstić information content (AvgIpc) is 1.27. The van der Waals surface area contributed by atoms with Crippen molar-refractivity contribution in [3.05, 3.63) is 11.8 Å². The molecule has 0 saturated carbocycles. The summed E-state index contributed by atoms with van der Waals surface area (Å²) < 4.78 is -0.155. The highest BCUT2D eigenvalue weighted by Gasteiger charge is 1.85. The number of carbonyl (C=O) groups excluding carboxylic acids is 1. The number of carbonyl (C=O) groups is 1. The van der Waals surface area contributed by atoms with Crippen LogP contribution in [0.1, 0.15) is 6.92 Å². The summed E-state index contributed by atoms with van der Waals surface area (Å²) in [7, 11) is 0. The van der Waals surface area contributed by atoms with Gasteiger partial charge in [0.1, 0.15) is 0 Å². The predicted molar refractivity (Wildman–Crippen MR) is 35.4 cm³/mol. The molecule has 0 spiro atoms. The maximum absolute atomic E-state index is 10.0. The molecule has 40 valence electrons. The molecule has 0 aromatic heterocycles. The van der Waals surface area contributed by atoms with Crippen LogP contribution in [0.25, 0.3) is 0 Å². The first kappa shape index (κ1) is 6.94. The van der Waals surface area contributed by atoms with Gasteiger partial charge < -0.3 is 5.11 Å². The van der Waals surface area contributed by atoms with E-state index in [0.29, 0.717) is 0 Å². The molecule has 0 aliphatic carbocycles. The molecular formula is C4H5IO2. The van der Waals surface area contributed by atoms with Crippen LogP contribution in [-0.4, -0.2) is 8.90 Å². The lowest BCUT2D eigenvalue weighted by molar-refractivity contribution is -0.105. The molecule has 0 atom stereocenters. The second kappa shape index (κ2) is 3.01. The van der Waals surface area contributed by atoms with E-state index in [2.05, 4.69) is 0 Å². The molecule has 3 heteroatoms. The molecule has 0 aromatic rings.